The molecule has 1 heterocycles. The lowest BCUT2D eigenvalue weighted by Gasteiger charge is -1.93. The van der Waals surface area contributed by atoms with Crippen LogP contribution in [0.5, 0.6) is 0 Å². The summed E-state index contributed by atoms with van der Waals surface area (Å²) in [6.45, 7) is 0.957. The number of hydrogen-bond acceptors (Lipinski definition) is 4. The number of aromatic nitrogens is 1. The van der Waals surface area contributed by atoms with Gasteiger partial charge in [-0.05, 0) is 17.7 Å². The second kappa shape index (κ2) is 4.84. The van der Waals surface area contributed by atoms with Gasteiger partial charge in [-0.25, -0.2) is 4.98 Å². The summed E-state index contributed by atoms with van der Waals surface area (Å²) >= 11 is 0. The van der Waals surface area contributed by atoms with Gasteiger partial charge in [-0.3, -0.25) is 4.99 Å². The Balaban J connectivity index is 2.17. The Kier molecular flexibility index (Phi) is 3.24. The largest absolute Gasteiger partial charge is 0.441 e. The molecule has 0 amide bonds. The summed E-state index contributed by atoms with van der Waals surface area (Å²) < 4.78 is 5.57. The zero-order valence-corrected chi connectivity index (χ0v) is 9.39. The molecule has 0 bridgehead atoms. The Labute approximate surface area is 98.5 Å². The summed E-state index contributed by atoms with van der Waals surface area (Å²) in [6.07, 6.45) is 0.574. The summed E-state index contributed by atoms with van der Waals surface area (Å²) in [5.74, 6) is 0.700. The van der Waals surface area contributed by atoms with Crippen LogP contribution in [0, 0.1) is 0 Å². The molecular weight excluding hydrogens is 218 g/mol. The SMILES string of the molecule is NCc1ccc2nc(CCN=C(N)N)oc2c1. The predicted molar refractivity (Wildman–Crippen MR) is 66.3 cm³/mol. The van der Waals surface area contributed by atoms with Crippen molar-refractivity contribution in [3.8, 4) is 0 Å². The zero-order valence-electron chi connectivity index (χ0n) is 9.39. The van der Waals surface area contributed by atoms with Gasteiger partial charge in [0.1, 0.15) is 5.52 Å². The molecule has 0 saturated heterocycles. The van der Waals surface area contributed by atoms with Gasteiger partial charge in [0.2, 0.25) is 0 Å². The lowest BCUT2D eigenvalue weighted by atomic mass is 10.2. The molecular formula is C11H15N5O. The minimum Gasteiger partial charge on any atom is -0.441 e. The molecule has 0 atom stereocenters. The van der Waals surface area contributed by atoms with Crippen LogP contribution in [0.25, 0.3) is 11.1 Å². The van der Waals surface area contributed by atoms with E-state index < -0.39 is 0 Å². The number of rotatable bonds is 4. The molecule has 1 aromatic heterocycles. The lowest BCUT2D eigenvalue weighted by molar-refractivity contribution is 0.531. The van der Waals surface area contributed by atoms with E-state index in [1.54, 1.807) is 0 Å². The quantitative estimate of drug-likeness (QED) is 0.511. The standard InChI is InChI=1S/C11H15N5O/c12-6-7-1-2-8-9(5-7)17-10(16-8)3-4-15-11(13)14/h1-2,5H,3-4,6,12H2,(H4,13,14,15). The summed E-state index contributed by atoms with van der Waals surface area (Å²) in [5.41, 5.74) is 18.6. The summed E-state index contributed by atoms with van der Waals surface area (Å²) in [7, 11) is 0. The minimum absolute atomic E-state index is 0.0755. The molecule has 0 aliphatic carbocycles. The van der Waals surface area contributed by atoms with Crippen LogP contribution in [0.1, 0.15) is 11.5 Å². The first-order valence-corrected chi connectivity index (χ1v) is 5.33. The van der Waals surface area contributed by atoms with E-state index in [1.807, 2.05) is 18.2 Å². The zero-order chi connectivity index (χ0) is 12.3. The highest BCUT2D eigenvalue weighted by Gasteiger charge is 2.05. The van der Waals surface area contributed by atoms with Crippen molar-refractivity contribution in [2.75, 3.05) is 6.54 Å². The Morgan fingerprint density at radius 1 is 1.35 bits per heavy atom. The van der Waals surface area contributed by atoms with Crippen LogP contribution in [0.2, 0.25) is 0 Å². The molecule has 0 spiro atoms. The Morgan fingerprint density at radius 2 is 2.18 bits per heavy atom. The van der Waals surface area contributed by atoms with Crippen LogP contribution >= 0.6 is 0 Å². The number of guanidine groups is 1. The third kappa shape index (κ3) is 2.73. The van der Waals surface area contributed by atoms with Crippen molar-refractivity contribution >= 4 is 17.1 Å². The number of nitrogens with two attached hydrogens (primary N) is 3. The fraction of sp³-hybridized carbons (Fsp3) is 0.273. The maximum Gasteiger partial charge on any atom is 0.197 e. The first-order chi connectivity index (χ1) is 8.19. The van der Waals surface area contributed by atoms with E-state index in [9.17, 15) is 0 Å². The Hall–Kier alpha value is -2.08. The highest BCUT2D eigenvalue weighted by Crippen LogP contribution is 2.17. The van der Waals surface area contributed by atoms with Gasteiger partial charge in [-0.1, -0.05) is 6.07 Å². The first-order valence-electron chi connectivity index (χ1n) is 5.33. The molecule has 90 valence electrons. The second-order valence-corrected chi connectivity index (χ2v) is 3.67. The molecule has 2 aromatic rings. The summed E-state index contributed by atoms with van der Waals surface area (Å²) in [4.78, 5) is 8.20. The molecule has 0 aliphatic rings. The van der Waals surface area contributed by atoms with E-state index in [4.69, 9.17) is 21.6 Å². The van der Waals surface area contributed by atoms with Crippen molar-refractivity contribution in [1.82, 2.24) is 4.98 Å². The van der Waals surface area contributed by atoms with Crippen LogP contribution in [0.4, 0.5) is 0 Å². The normalized spacial score (nSPS) is 10.6. The van der Waals surface area contributed by atoms with E-state index >= 15 is 0 Å². The monoisotopic (exact) mass is 233 g/mol. The smallest absolute Gasteiger partial charge is 0.197 e. The van der Waals surface area contributed by atoms with E-state index in [2.05, 4.69) is 9.98 Å². The van der Waals surface area contributed by atoms with E-state index in [0.29, 0.717) is 25.4 Å². The van der Waals surface area contributed by atoms with E-state index in [0.717, 1.165) is 16.7 Å². The number of oxazole rings is 1. The van der Waals surface area contributed by atoms with Gasteiger partial charge >= 0.3 is 0 Å². The third-order valence-electron chi connectivity index (χ3n) is 2.35. The topological polar surface area (TPSA) is 116 Å². The molecule has 2 rings (SSSR count). The number of aliphatic imine (C=N–C) groups is 1. The maximum atomic E-state index is 5.57. The van der Waals surface area contributed by atoms with Crippen LogP contribution in [-0.4, -0.2) is 17.5 Å². The van der Waals surface area contributed by atoms with Gasteiger partial charge in [0.25, 0.3) is 0 Å². The number of benzene rings is 1. The second-order valence-electron chi connectivity index (χ2n) is 3.67. The molecule has 1 aromatic carbocycles. The first kappa shape index (κ1) is 11.4. The minimum atomic E-state index is 0.0755. The fourth-order valence-corrected chi connectivity index (χ4v) is 1.53. The van der Waals surface area contributed by atoms with E-state index in [-0.39, 0.29) is 5.96 Å². The average Bonchev–Trinajstić information content (AvgIpc) is 2.69. The molecule has 0 unspecified atom stereocenters. The molecule has 0 fully saturated rings. The van der Waals surface area contributed by atoms with Crippen molar-refractivity contribution in [1.29, 1.82) is 0 Å². The maximum absolute atomic E-state index is 5.57. The van der Waals surface area contributed by atoms with Crippen LogP contribution in [0.15, 0.2) is 27.6 Å². The number of fused-ring (bicyclic) bond motifs is 1. The Morgan fingerprint density at radius 3 is 2.88 bits per heavy atom. The van der Waals surface area contributed by atoms with Gasteiger partial charge in [-0.15, -0.1) is 0 Å². The third-order valence-corrected chi connectivity index (χ3v) is 2.35. The lowest BCUT2D eigenvalue weighted by Crippen LogP contribution is -2.23. The molecule has 6 N–H and O–H groups in total. The average molecular weight is 233 g/mol. The van der Waals surface area contributed by atoms with Crippen LogP contribution in [-0.2, 0) is 13.0 Å². The summed E-state index contributed by atoms with van der Waals surface area (Å²) in [6, 6.07) is 5.72. The predicted octanol–water partition coefficient (Wildman–Crippen LogP) is 0.102. The highest BCUT2D eigenvalue weighted by atomic mass is 16.3. The molecule has 0 radical (unpaired) electrons. The molecule has 17 heavy (non-hydrogen) atoms. The van der Waals surface area contributed by atoms with Crippen molar-refractivity contribution < 1.29 is 4.42 Å². The van der Waals surface area contributed by atoms with Gasteiger partial charge in [0, 0.05) is 13.0 Å². The molecule has 6 nitrogen and oxygen atoms in total. The van der Waals surface area contributed by atoms with Crippen LogP contribution in [0.3, 0.4) is 0 Å². The van der Waals surface area contributed by atoms with E-state index in [1.165, 1.54) is 0 Å². The molecule has 6 heteroatoms. The van der Waals surface area contributed by atoms with Gasteiger partial charge in [0.05, 0.1) is 6.54 Å². The van der Waals surface area contributed by atoms with Gasteiger partial charge in [-0.2, -0.15) is 0 Å². The molecule has 0 saturated carbocycles. The van der Waals surface area contributed by atoms with Crippen molar-refractivity contribution in [2.45, 2.75) is 13.0 Å². The fourth-order valence-electron chi connectivity index (χ4n) is 1.53. The van der Waals surface area contributed by atoms with Crippen molar-refractivity contribution in [2.24, 2.45) is 22.2 Å². The highest BCUT2D eigenvalue weighted by molar-refractivity contribution is 5.75. The summed E-state index contributed by atoms with van der Waals surface area (Å²) in [5, 5.41) is 0. The number of hydrogen-bond donors (Lipinski definition) is 3. The van der Waals surface area contributed by atoms with Gasteiger partial charge < -0.3 is 21.6 Å². The van der Waals surface area contributed by atoms with Gasteiger partial charge in [0.15, 0.2) is 17.4 Å². The Bertz CT molecular complexity index is 542. The molecule has 0 aliphatic heterocycles. The van der Waals surface area contributed by atoms with Crippen LogP contribution < -0.4 is 17.2 Å². The number of nitrogens with zero attached hydrogens (tertiary/aromatic N) is 2. The van der Waals surface area contributed by atoms with Crippen molar-refractivity contribution in [3.63, 3.8) is 0 Å². The van der Waals surface area contributed by atoms with Crippen molar-refractivity contribution in [3.05, 3.63) is 29.7 Å².